The number of methoxy groups -OCH3 is 1. The Hall–Kier alpha value is -2.91. The number of nitrogens with one attached hydrogen (secondary N) is 1. The summed E-state index contributed by atoms with van der Waals surface area (Å²) in [5, 5.41) is 25.4. The van der Waals surface area contributed by atoms with E-state index in [2.05, 4.69) is 20.2 Å². The number of fused-ring (bicyclic) bond motifs is 1. The van der Waals surface area contributed by atoms with Gasteiger partial charge in [-0.05, 0) is 110 Å². The van der Waals surface area contributed by atoms with Crippen LogP contribution in [0.5, 0.6) is 5.75 Å². The highest BCUT2D eigenvalue weighted by atomic mass is 127. The van der Waals surface area contributed by atoms with Crippen molar-refractivity contribution in [3.63, 3.8) is 0 Å². The average Bonchev–Trinajstić information content (AvgIpc) is 3.16. The predicted octanol–water partition coefficient (Wildman–Crippen LogP) is 3.71. The van der Waals surface area contributed by atoms with Gasteiger partial charge in [0.05, 0.1) is 35.0 Å². The minimum atomic E-state index is -1.34. The number of rotatable bonds is 21. The lowest BCUT2D eigenvalue weighted by Crippen LogP contribution is -2.65. The molecule has 0 saturated carbocycles. The molecule has 4 heterocycles. The molecule has 0 amide bonds. The predicted molar refractivity (Wildman–Crippen MR) is 228 cm³/mol. The fourth-order valence-corrected chi connectivity index (χ4v) is 8.95. The molecule has 2 fully saturated rings. The van der Waals surface area contributed by atoms with Gasteiger partial charge in [0, 0.05) is 68.5 Å². The third kappa shape index (κ3) is 11.3. The first-order valence-electron chi connectivity index (χ1n) is 20.2. The van der Waals surface area contributed by atoms with Crippen LogP contribution in [0, 0.1) is 24.7 Å². The third-order valence-electron chi connectivity index (χ3n) is 12.3. The van der Waals surface area contributed by atoms with E-state index < -0.39 is 69.4 Å². The number of esters is 1. The van der Waals surface area contributed by atoms with E-state index in [1.165, 1.54) is 27.2 Å². The van der Waals surface area contributed by atoms with Crippen molar-refractivity contribution in [3.05, 3.63) is 29.6 Å². The van der Waals surface area contributed by atoms with Gasteiger partial charge in [-0.1, -0.05) is 13.8 Å². The highest BCUT2D eigenvalue weighted by Crippen LogP contribution is 2.37. The van der Waals surface area contributed by atoms with Crippen molar-refractivity contribution in [1.29, 1.82) is 0 Å². The van der Waals surface area contributed by atoms with E-state index in [1.54, 1.807) is 33.9 Å². The number of aromatic hydroxyl groups is 1. The zero-order chi connectivity index (χ0) is 44.1. The van der Waals surface area contributed by atoms with Crippen molar-refractivity contribution in [2.75, 3.05) is 34.3 Å². The summed E-state index contributed by atoms with van der Waals surface area (Å²) in [4.78, 5) is 65.2. The van der Waals surface area contributed by atoms with E-state index in [0.717, 1.165) is 5.56 Å². The molecule has 0 aromatic carbocycles. The van der Waals surface area contributed by atoms with Gasteiger partial charge in [-0.15, -0.1) is 0 Å². The Bertz CT molecular complexity index is 1800. The molecule has 3 N–H and O–H groups in total. The molecule has 330 valence electrons. The van der Waals surface area contributed by atoms with E-state index >= 15 is 0 Å². The van der Waals surface area contributed by atoms with Gasteiger partial charge in [-0.3, -0.25) is 34.0 Å². The summed E-state index contributed by atoms with van der Waals surface area (Å²) in [7, 11) is 5.18. The van der Waals surface area contributed by atoms with Gasteiger partial charge in [0.2, 0.25) is 0 Å². The summed E-state index contributed by atoms with van der Waals surface area (Å²) in [6.45, 7) is 17.4. The van der Waals surface area contributed by atoms with Crippen molar-refractivity contribution in [2.24, 2.45) is 17.8 Å². The second kappa shape index (κ2) is 20.3. The maximum absolute atomic E-state index is 14.3. The lowest BCUT2D eigenvalue weighted by molar-refractivity contribution is -0.295. The lowest BCUT2D eigenvalue weighted by atomic mass is 9.78. The first-order valence-corrected chi connectivity index (χ1v) is 21.4. The number of aliphatic hydroxyl groups is 1. The molecule has 2 saturated heterocycles. The molecule has 0 radical (unpaired) electrons. The molecule has 59 heavy (non-hydrogen) atoms. The number of aliphatic hydroxyl groups excluding tert-OH is 1. The summed E-state index contributed by atoms with van der Waals surface area (Å²) < 4.78 is 29.1. The van der Waals surface area contributed by atoms with Crippen LogP contribution in [0.25, 0.3) is 11.0 Å². The van der Waals surface area contributed by atoms with Crippen LogP contribution in [0.4, 0.5) is 0 Å². The first kappa shape index (κ1) is 48.8. The number of Topliss-reactive ketones (excluding diaryl/α,β-unsaturated/α-hetero) is 2. The van der Waals surface area contributed by atoms with Gasteiger partial charge >= 0.3 is 5.97 Å². The molecule has 2 aromatic rings. The number of likely N-dealkylation sites (tertiary alicyclic amines) is 1. The van der Waals surface area contributed by atoms with E-state index in [1.807, 2.05) is 68.4 Å². The van der Waals surface area contributed by atoms with Crippen LogP contribution < -0.4 is 5.32 Å². The Kier molecular flexibility index (Phi) is 16.8. The zero-order valence-electron chi connectivity index (χ0n) is 36.4. The molecular weight excluding hydrogens is 877 g/mol. The first-order chi connectivity index (χ1) is 27.6. The fraction of sp³-hybridized carbons (Fsp3) is 0.714. The number of halogens is 1. The quantitative estimate of drug-likeness (QED) is 0.0538. The van der Waals surface area contributed by atoms with E-state index in [4.69, 9.17) is 23.7 Å². The monoisotopic (exact) mass is 941 g/mol. The number of ketones is 2. The van der Waals surface area contributed by atoms with Gasteiger partial charge in [-0.25, -0.2) is 0 Å². The fourth-order valence-electron chi connectivity index (χ4n) is 8.01. The lowest BCUT2D eigenvalue weighted by Gasteiger charge is -2.46. The van der Waals surface area contributed by atoms with Crippen molar-refractivity contribution in [3.8, 4) is 5.75 Å². The molecule has 0 aliphatic carbocycles. The Morgan fingerprint density at radius 3 is 2.41 bits per heavy atom. The van der Waals surface area contributed by atoms with Gasteiger partial charge < -0.3 is 44.1 Å². The van der Waals surface area contributed by atoms with Crippen LogP contribution in [0.15, 0.2) is 18.5 Å². The Labute approximate surface area is 361 Å². The van der Waals surface area contributed by atoms with Gasteiger partial charge in [0.15, 0.2) is 21.8 Å². The minimum absolute atomic E-state index is 0.00826. The van der Waals surface area contributed by atoms with Crippen LogP contribution in [-0.2, 0) is 49.4 Å². The van der Waals surface area contributed by atoms with Crippen LogP contribution >= 0.6 is 22.6 Å². The summed E-state index contributed by atoms with van der Waals surface area (Å²) in [6.07, 6.45) is 0.413. The average molecular weight is 942 g/mol. The number of pyridine rings is 2. The molecule has 12 atom stereocenters. The molecule has 2 aromatic heterocycles. The number of hydrogen-bond acceptors (Lipinski definition) is 16. The number of alkyl halides is 1. The summed E-state index contributed by atoms with van der Waals surface area (Å²) in [6, 6.07) is 1.12. The Morgan fingerprint density at radius 1 is 1.15 bits per heavy atom. The van der Waals surface area contributed by atoms with Crippen molar-refractivity contribution >= 4 is 57.6 Å². The van der Waals surface area contributed by atoms with E-state index in [9.17, 15) is 29.4 Å². The molecule has 16 nitrogen and oxygen atoms in total. The number of aromatic nitrogens is 2. The largest absolute Gasteiger partial charge is 0.506 e. The third-order valence-corrected chi connectivity index (χ3v) is 13.8. The van der Waals surface area contributed by atoms with E-state index in [-0.39, 0.29) is 36.1 Å². The number of hydrogen-bond donors (Lipinski definition) is 3. The maximum Gasteiger partial charge on any atom is 0.317 e. The SMILES string of the molecule is CO[C@](C)(C[C@@H](C)C(C)=O)[C@H](O[C@@H]1O[C@H](C)C[C@H](N(C)C)[C@H]1O)[C@@H](C)C(=O)[C@@H](C)C(=O)O[C@H](I)[C@@](C)(OC=O)[C@@H](C)NC1CN(Cc2c(O)cnc3cc(C)cnc23)C1. The number of carbonyl (C=O) groups excluding carboxylic acids is 4. The maximum atomic E-state index is 14.3. The van der Waals surface area contributed by atoms with Crippen molar-refractivity contribution in [2.45, 2.75) is 140 Å². The molecule has 2 aliphatic heterocycles. The minimum Gasteiger partial charge on any atom is -0.506 e. The molecule has 0 unspecified atom stereocenters. The molecule has 0 spiro atoms. The standard InChI is InChI=1S/C42H64IN5O11/c1-22-13-31-34(45-16-22)30(33(51)17-44-31)20-48-18-29(19-48)46-28(7)42(9,56-21-49)40(43)59-38(54)26(5)35(52)25(4)37(41(8,55-12)15-23(2)27(6)50)58-39-36(53)32(47(10)11)14-24(3)57-39/h13,16-17,21,23-26,28-29,32,36-37,39-40,46,51,53H,14-15,18-20H2,1-12H3/t23-,24-,25+,26-,28-,32+,36-,37-,39+,40+,41-,42+/m1/s1. The number of aryl methyl sites for hydroxylation is 1. The van der Waals surface area contributed by atoms with Crippen LogP contribution in [0.2, 0.25) is 0 Å². The highest BCUT2D eigenvalue weighted by molar-refractivity contribution is 14.1. The van der Waals surface area contributed by atoms with Crippen LogP contribution in [-0.4, -0.2) is 146 Å². The Balaban J connectivity index is 1.45. The zero-order valence-corrected chi connectivity index (χ0v) is 38.6. The molecular formula is C42H64IN5O11. The van der Waals surface area contributed by atoms with Crippen molar-refractivity contribution in [1.82, 2.24) is 25.1 Å². The van der Waals surface area contributed by atoms with Crippen molar-refractivity contribution < 1.29 is 53.1 Å². The molecule has 4 rings (SSSR count). The number of carbonyl (C=O) groups is 4. The number of likely N-dealkylation sites (N-methyl/N-ethyl adjacent to an activating group) is 1. The Morgan fingerprint density at radius 2 is 1.81 bits per heavy atom. The molecule has 2 aliphatic rings. The van der Waals surface area contributed by atoms with Crippen LogP contribution in [0.3, 0.4) is 0 Å². The van der Waals surface area contributed by atoms with Crippen LogP contribution in [0.1, 0.15) is 79.4 Å². The molecule has 17 heteroatoms. The second-order valence-corrected chi connectivity index (χ2v) is 18.3. The topological polar surface area (TPSA) is 199 Å². The smallest absolute Gasteiger partial charge is 0.317 e. The summed E-state index contributed by atoms with van der Waals surface area (Å²) in [5.41, 5.74) is 0.455. The second-order valence-electron chi connectivity index (χ2n) is 17.2. The summed E-state index contributed by atoms with van der Waals surface area (Å²) >= 11 is 1.90. The summed E-state index contributed by atoms with van der Waals surface area (Å²) in [5.74, 6) is -4.07. The normalized spacial score (nSPS) is 25.4. The molecule has 0 bridgehead atoms. The highest BCUT2D eigenvalue weighted by Gasteiger charge is 2.50. The van der Waals surface area contributed by atoms with Gasteiger partial charge in [-0.2, -0.15) is 0 Å². The number of ether oxygens (including phenoxy) is 5. The van der Waals surface area contributed by atoms with E-state index in [0.29, 0.717) is 49.1 Å². The number of nitrogens with zero attached hydrogens (tertiary/aromatic N) is 4. The van der Waals surface area contributed by atoms with Gasteiger partial charge in [0.1, 0.15) is 23.6 Å². The van der Waals surface area contributed by atoms with Gasteiger partial charge in [0.25, 0.3) is 6.47 Å².